The number of rotatable bonds is 1. The fraction of sp³-hybridized carbons (Fsp3) is 0.188. The zero-order chi connectivity index (χ0) is 12.9. The Morgan fingerprint density at radius 1 is 1.00 bits per heavy atom. The third-order valence-electron chi connectivity index (χ3n) is 3.95. The molecule has 2 heteroatoms. The molecule has 90 valence electrons. The molecule has 0 aromatic heterocycles. The van der Waals surface area contributed by atoms with Crippen molar-refractivity contribution < 1.29 is 9.90 Å². The van der Waals surface area contributed by atoms with Crippen molar-refractivity contribution in [2.75, 3.05) is 0 Å². The second-order valence-corrected chi connectivity index (χ2v) is 4.82. The highest BCUT2D eigenvalue weighted by Gasteiger charge is 2.50. The van der Waals surface area contributed by atoms with Gasteiger partial charge in [-0.1, -0.05) is 42.5 Å². The molecule has 0 heterocycles. The van der Waals surface area contributed by atoms with E-state index in [1.807, 2.05) is 49.4 Å². The molecule has 18 heavy (non-hydrogen) atoms. The molecule has 2 nitrogen and oxygen atoms in total. The maximum atomic E-state index is 12.0. The fourth-order valence-electron chi connectivity index (χ4n) is 2.69. The number of hydrogen-bond acceptors (Lipinski definition) is 2. The SMILES string of the molecule is CC1=C(C)C(O)(c2cccc3ccccc23)C1=O. The van der Waals surface area contributed by atoms with Crippen molar-refractivity contribution in [1.82, 2.24) is 0 Å². The molecule has 1 aliphatic carbocycles. The van der Waals surface area contributed by atoms with E-state index in [2.05, 4.69) is 0 Å². The van der Waals surface area contributed by atoms with E-state index in [1.165, 1.54) is 0 Å². The summed E-state index contributed by atoms with van der Waals surface area (Å²) in [6.45, 7) is 3.58. The summed E-state index contributed by atoms with van der Waals surface area (Å²) in [6.07, 6.45) is 0. The molecule has 1 unspecified atom stereocenters. The van der Waals surface area contributed by atoms with Gasteiger partial charge in [-0.15, -0.1) is 0 Å². The van der Waals surface area contributed by atoms with Crippen molar-refractivity contribution in [3.63, 3.8) is 0 Å². The third-order valence-corrected chi connectivity index (χ3v) is 3.95. The van der Waals surface area contributed by atoms with Crippen LogP contribution in [0, 0.1) is 0 Å². The van der Waals surface area contributed by atoms with Crippen LogP contribution in [0.25, 0.3) is 10.8 Å². The van der Waals surface area contributed by atoms with E-state index in [1.54, 1.807) is 6.92 Å². The lowest BCUT2D eigenvalue weighted by molar-refractivity contribution is -0.134. The summed E-state index contributed by atoms with van der Waals surface area (Å²) in [5.74, 6) is -0.184. The van der Waals surface area contributed by atoms with Crippen LogP contribution in [0.5, 0.6) is 0 Å². The number of aliphatic hydroxyl groups is 1. The molecule has 0 amide bonds. The van der Waals surface area contributed by atoms with Gasteiger partial charge in [-0.05, 0) is 35.8 Å². The molecule has 0 radical (unpaired) electrons. The summed E-state index contributed by atoms with van der Waals surface area (Å²) in [6, 6.07) is 13.5. The highest BCUT2D eigenvalue weighted by Crippen LogP contribution is 2.44. The molecule has 1 atom stereocenters. The number of carbonyl (C=O) groups excluding carboxylic acids is 1. The first-order valence-corrected chi connectivity index (χ1v) is 6.00. The summed E-state index contributed by atoms with van der Waals surface area (Å²) >= 11 is 0. The van der Waals surface area contributed by atoms with Crippen molar-refractivity contribution in [3.05, 3.63) is 59.2 Å². The van der Waals surface area contributed by atoms with Crippen molar-refractivity contribution >= 4 is 16.6 Å². The van der Waals surface area contributed by atoms with Crippen LogP contribution in [0.3, 0.4) is 0 Å². The molecule has 0 spiro atoms. The van der Waals surface area contributed by atoms with Crippen molar-refractivity contribution in [3.8, 4) is 0 Å². The van der Waals surface area contributed by atoms with Gasteiger partial charge in [0.05, 0.1) is 0 Å². The summed E-state index contributed by atoms with van der Waals surface area (Å²) in [5, 5.41) is 12.6. The molecule has 0 saturated heterocycles. The Labute approximate surface area is 106 Å². The standard InChI is InChI=1S/C16H14O2/c1-10-11(2)16(18,15(10)17)14-9-5-7-12-6-3-4-8-13(12)14/h3-9,18H,1-2H3. The van der Waals surface area contributed by atoms with Crippen molar-refractivity contribution in [2.24, 2.45) is 0 Å². The predicted octanol–water partition coefficient (Wildman–Crippen LogP) is 2.95. The maximum Gasteiger partial charge on any atom is 0.199 e. The van der Waals surface area contributed by atoms with Gasteiger partial charge >= 0.3 is 0 Å². The van der Waals surface area contributed by atoms with Crippen LogP contribution in [0.4, 0.5) is 0 Å². The number of Topliss-reactive ketones (excluding diaryl/α,β-unsaturated/α-hetero) is 1. The van der Waals surface area contributed by atoms with Gasteiger partial charge < -0.3 is 5.11 Å². The van der Waals surface area contributed by atoms with Crippen LogP contribution in [-0.2, 0) is 10.4 Å². The number of hydrogen-bond donors (Lipinski definition) is 1. The molecule has 1 N–H and O–H groups in total. The minimum atomic E-state index is -1.43. The smallest absolute Gasteiger partial charge is 0.199 e. The van der Waals surface area contributed by atoms with E-state index >= 15 is 0 Å². The molecular formula is C16H14O2. The van der Waals surface area contributed by atoms with Crippen LogP contribution >= 0.6 is 0 Å². The van der Waals surface area contributed by atoms with Gasteiger partial charge in [-0.25, -0.2) is 0 Å². The highest BCUT2D eigenvalue weighted by atomic mass is 16.3. The van der Waals surface area contributed by atoms with Crippen LogP contribution in [0.2, 0.25) is 0 Å². The lowest BCUT2D eigenvalue weighted by Crippen LogP contribution is -2.46. The van der Waals surface area contributed by atoms with Gasteiger partial charge in [0, 0.05) is 5.56 Å². The Kier molecular flexibility index (Phi) is 2.19. The zero-order valence-corrected chi connectivity index (χ0v) is 10.4. The Bertz CT molecular complexity index is 692. The molecule has 1 aliphatic rings. The Balaban J connectivity index is 2.32. The first-order valence-electron chi connectivity index (χ1n) is 6.00. The average Bonchev–Trinajstić information content (AvgIpc) is 2.44. The lowest BCUT2D eigenvalue weighted by atomic mass is 9.68. The summed E-state index contributed by atoms with van der Waals surface area (Å²) in [7, 11) is 0. The Hall–Kier alpha value is -1.93. The lowest BCUT2D eigenvalue weighted by Gasteiger charge is -2.38. The first kappa shape index (κ1) is 11.2. The largest absolute Gasteiger partial charge is 0.373 e. The summed E-state index contributed by atoms with van der Waals surface area (Å²) in [5.41, 5.74) is 0.688. The van der Waals surface area contributed by atoms with Gasteiger partial charge in [0.15, 0.2) is 11.4 Å². The van der Waals surface area contributed by atoms with E-state index in [4.69, 9.17) is 0 Å². The molecule has 2 aromatic carbocycles. The monoisotopic (exact) mass is 238 g/mol. The van der Waals surface area contributed by atoms with E-state index in [-0.39, 0.29) is 5.78 Å². The molecule has 0 saturated carbocycles. The van der Waals surface area contributed by atoms with Crippen LogP contribution in [0.15, 0.2) is 53.6 Å². The number of fused-ring (bicyclic) bond motifs is 1. The van der Waals surface area contributed by atoms with Crippen LogP contribution in [0.1, 0.15) is 19.4 Å². The quantitative estimate of drug-likeness (QED) is 0.829. The van der Waals surface area contributed by atoms with Gasteiger partial charge in [0.2, 0.25) is 0 Å². The van der Waals surface area contributed by atoms with Crippen molar-refractivity contribution in [1.29, 1.82) is 0 Å². The maximum absolute atomic E-state index is 12.0. The minimum Gasteiger partial charge on any atom is -0.373 e. The molecule has 3 rings (SSSR count). The minimum absolute atomic E-state index is 0.184. The van der Waals surface area contributed by atoms with Crippen molar-refractivity contribution in [2.45, 2.75) is 19.4 Å². The zero-order valence-electron chi connectivity index (χ0n) is 10.4. The molecular weight excluding hydrogens is 224 g/mol. The fourth-order valence-corrected chi connectivity index (χ4v) is 2.69. The molecule has 0 aliphatic heterocycles. The van der Waals surface area contributed by atoms with Crippen LogP contribution < -0.4 is 0 Å². The topological polar surface area (TPSA) is 37.3 Å². The molecule has 2 aromatic rings. The number of ketones is 1. The molecule has 0 fully saturated rings. The summed E-state index contributed by atoms with van der Waals surface area (Å²) < 4.78 is 0. The highest BCUT2D eigenvalue weighted by molar-refractivity contribution is 6.13. The number of carbonyl (C=O) groups is 1. The third kappa shape index (κ3) is 1.18. The first-order chi connectivity index (χ1) is 8.56. The predicted molar refractivity (Wildman–Crippen MR) is 71.2 cm³/mol. The second-order valence-electron chi connectivity index (χ2n) is 4.82. The number of benzene rings is 2. The van der Waals surface area contributed by atoms with E-state index < -0.39 is 5.60 Å². The van der Waals surface area contributed by atoms with Crippen LogP contribution in [-0.4, -0.2) is 10.9 Å². The van der Waals surface area contributed by atoms with Gasteiger partial charge in [-0.3, -0.25) is 4.79 Å². The normalized spacial score (nSPS) is 23.4. The second kappa shape index (κ2) is 3.53. The van der Waals surface area contributed by atoms with E-state index in [0.29, 0.717) is 11.1 Å². The van der Waals surface area contributed by atoms with Gasteiger partial charge in [0.1, 0.15) is 0 Å². The van der Waals surface area contributed by atoms with E-state index in [9.17, 15) is 9.90 Å². The van der Waals surface area contributed by atoms with E-state index in [0.717, 1.165) is 16.3 Å². The Morgan fingerprint density at radius 3 is 2.39 bits per heavy atom. The van der Waals surface area contributed by atoms with Gasteiger partial charge in [-0.2, -0.15) is 0 Å². The Morgan fingerprint density at radius 2 is 1.67 bits per heavy atom. The average molecular weight is 238 g/mol. The summed E-state index contributed by atoms with van der Waals surface area (Å²) in [4.78, 5) is 12.0. The molecule has 0 bridgehead atoms. The van der Waals surface area contributed by atoms with Gasteiger partial charge in [0.25, 0.3) is 0 Å².